The summed E-state index contributed by atoms with van der Waals surface area (Å²) >= 11 is 0. The summed E-state index contributed by atoms with van der Waals surface area (Å²) in [5.74, 6) is -0.191. The Morgan fingerprint density at radius 2 is 2.00 bits per heavy atom. The van der Waals surface area contributed by atoms with Crippen molar-refractivity contribution in [3.05, 3.63) is 29.3 Å². The van der Waals surface area contributed by atoms with E-state index in [2.05, 4.69) is 10.0 Å². The lowest BCUT2D eigenvalue weighted by molar-refractivity contribution is 0.0938. The molecule has 5 nitrogen and oxygen atoms in total. The van der Waals surface area contributed by atoms with Gasteiger partial charge < -0.3 is 5.32 Å². The van der Waals surface area contributed by atoms with Crippen molar-refractivity contribution in [2.24, 2.45) is 0 Å². The molecule has 6 heteroatoms. The molecule has 1 aromatic carbocycles. The van der Waals surface area contributed by atoms with Gasteiger partial charge in [-0.05, 0) is 38.0 Å². The van der Waals surface area contributed by atoms with Crippen LogP contribution in [0.1, 0.15) is 36.2 Å². The van der Waals surface area contributed by atoms with Crippen LogP contribution in [0.2, 0.25) is 0 Å². The molecular formula is C13H20N2O3S. The number of rotatable bonds is 5. The zero-order chi connectivity index (χ0) is 14.6. The molecule has 0 bridgehead atoms. The maximum atomic E-state index is 12.1. The number of hydrogen-bond acceptors (Lipinski definition) is 3. The summed E-state index contributed by atoms with van der Waals surface area (Å²) in [6.07, 6.45) is 1.92. The van der Waals surface area contributed by atoms with Crippen molar-refractivity contribution in [2.75, 3.05) is 11.0 Å². The zero-order valence-electron chi connectivity index (χ0n) is 11.6. The fraction of sp³-hybridized carbons (Fsp3) is 0.462. The maximum absolute atomic E-state index is 12.1. The molecule has 1 atom stereocenters. The van der Waals surface area contributed by atoms with E-state index in [4.69, 9.17) is 0 Å². The lowest BCUT2D eigenvalue weighted by atomic mass is 10.1. The van der Waals surface area contributed by atoms with Crippen LogP contribution in [0.15, 0.2) is 18.2 Å². The molecular weight excluding hydrogens is 264 g/mol. The molecule has 0 aromatic heterocycles. The number of carbonyl (C=O) groups is 1. The number of nitrogens with one attached hydrogen (secondary N) is 2. The third kappa shape index (κ3) is 4.55. The van der Waals surface area contributed by atoms with Gasteiger partial charge in [0.25, 0.3) is 5.91 Å². The number of sulfonamides is 1. The summed E-state index contributed by atoms with van der Waals surface area (Å²) in [6, 6.07) is 5.06. The van der Waals surface area contributed by atoms with E-state index in [9.17, 15) is 13.2 Å². The zero-order valence-corrected chi connectivity index (χ0v) is 12.5. The summed E-state index contributed by atoms with van der Waals surface area (Å²) in [7, 11) is -3.35. The molecule has 0 aliphatic carbocycles. The molecule has 1 amide bonds. The molecule has 0 saturated carbocycles. The Morgan fingerprint density at radius 1 is 1.37 bits per heavy atom. The molecule has 1 unspecified atom stereocenters. The molecule has 0 fully saturated rings. The minimum Gasteiger partial charge on any atom is -0.350 e. The van der Waals surface area contributed by atoms with Gasteiger partial charge in [0.1, 0.15) is 0 Å². The van der Waals surface area contributed by atoms with Gasteiger partial charge in [0.2, 0.25) is 10.0 Å². The van der Waals surface area contributed by atoms with Gasteiger partial charge in [-0.3, -0.25) is 9.52 Å². The van der Waals surface area contributed by atoms with Crippen LogP contribution in [0.3, 0.4) is 0 Å². The van der Waals surface area contributed by atoms with E-state index < -0.39 is 10.0 Å². The van der Waals surface area contributed by atoms with E-state index in [1.54, 1.807) is 25.1 Å². The summed E-state index contributed by atoms with van der Waals surface area (Å²) in [4.78, 5) is 12.1. The lowest BCUT2D eigenvalue weighted by Crippen LogP contribution is -2.32. The average Bonchev–Trinajstić information content (AvgIpc) is 2.29. The second kappa shape index (κ2) is 6.06. The van der Waals surface area contributed by atoms with Gasteiger partial charge in [-0.2, -0.15) is 0 Å². The number of benzene rings is 1. The first-order chi connectivity index (χ1) is 8.74. The molecule has 2 N–H and O–H groups in total. The van der Waals surface area contributed by atoms with Crippen molar-refractivity contribution in [3.63, 3.8) is 0 Å². The highest BCUT2D eigenvalue weighted by atomic mass is 32.2. The van der Waals surface area contributed by atoms with E-state index in [0.717, 1.165) is 12.7 Å². The number of amides is 1. The Kier molecular flexibility index (Phi) is 4.94. The number of hydrogen-bond donors (Lipinski definition) is 2. The predicted molar refractivity (Wildman–Crippen MR) is 76.9 cm³/mol. The Hall–Kier alpha value is -1.56. The highest BCUT2D eigenvalue weighted by Gasteiger charge is 2.14. The van der Waals surface area contributed by atoms with E-state index in [-0.39, 0.29) is 11.9 Å². The SMILES string of the molecule is CCC(C)NC(=O)c1cccc(NS(C)(=O)=O)c1C. The van der Waals surface area contributed by atoms with E-state index in [1.807, 2.05) is 13.8 Å². The topological polar surface area (TPSA) is 75.3 Å². The minimum absolute atomic E-state index is 0.0819. The van der Waals surface area contributed by atoms with Gasteiger partial charge in [0.15, 0.2) is 0 Å². The first kappa shape index (κ1) is 15.5. The summed E-state index contributed by atoms with van der Waals surface area (Å²) in [5, 5.41) is 2.86. The number of anilines is 1. The van der Waals surface area contributed by atoms with Gasteiger partial charge in [-0.1, -0.05) is 13.0 Å². The fourth-order valence-electron chi connectivity index (χ4n) is 1.60. The molecule has 1 rings (SSSR count). The molecule has 0 saturated heterocycles. The fourth-order valence-corrected chi connectivity index (χ4v) is 2.22. The second-order valence-electron chi connectivity index (χ2n) is 4.64. The highest BCUT2D eigenvalue weighted by Crippen LogP contribution is 2.20. The van der Waals surface area contributed by atoms with E-state index in [1.165, 1.54) is 0 Å². The molecule has 1 aromatic rings. The van der Waals surface area contributed by atoms with Crippen LogP contribution in [-0.4, -0.2) is 26.6 Å². The minimum atomic E-state index is -3.35. The quantitative estimate of drug-likeness (QED) is 0.867. The first-order valence-corrected chi connectivity index (χ1v) is 8.02. The normalized spacial score (nSPS) is 12.8. The summed E-state index contributed by atoms with van der Waals surface area (Å²) in [6.45, 7) is 5.63. The molecule has 106 valence electrons. The van der Waals surface area contributed by atoms with Gasteiger partial charge in [0.05, 0.1) is 11.9 Å². The molecule has 0 spiro atoms. The van der Waals surface area contributed by atoms with Crippen molar-refractivity contribution in [1.82, 2.24) is 5.32 Å². The first-order valence-electron chi connectivity index (χ1n) is 6.13. The van der Waals surface area contributed by atoms with Crippen molar-refractivity contribution in [3.8, 4) is 0 Å². The third-order valence-electron chi connectivity index (χ3n) is 2.86. The molecule has 19 heavy (non-hydrogen) atoms. The summed E-state index contributed by atoms with van der Waals surface area (Å²) in [5.41, 5.74) is 1.53. The average molecular weight is 284 g/mol. The van der Waals surface area contributed by atoms with Crippen molar-refractivity contribution < 1.29 is 13.2 Å². The van der Waals surface area contributed by atoms with Crippen LogP contribution < -0.4 is 10.0 Å². The second-order valence-corrected chi connectivity index (χ2v) is 6.38. The van der Waals surface area contributed by atoms with Crippen molar-refractivity contribution in [2.45, 2.75) is 33.2 Å². The van der Waals surface area contributed by atoms with Crippen LogP contribution in [-0.2, 0) is 10.0 Å². The predicted octanol–water partition coefficient (Wildman–Crippen LogP) is 1.89. The molecule has 0 aliphatic rings. The van der Waals surface area contributed by atoms with Crippen LogP contribution in [0.5, 0.6) is 0 Å². The molecule has 0 aliphatic heterocycles. The van der Waals surface area contributed by atoms with Crippen LogP contribution in [0.4, 0.5) is 5.69 Å². The molecule has 0 radical (unpaired) electrons. The number of carbonyl (C=O) groups excluding carboxylic acids is 1. The van der Waals surface area contributed by atoms with Crippen molar-refractivity contribution in [1.29, 1.82) is 0 Å². The van der Waals surface area contributed by atoms with Gasteiger partial charge in [-0.25, -0.2) is 8.42 Å². The smallest absolute Gasteiger partial charge is 0.251 e. The maximum Gasteiger partial charge on any atom is 0.251 e. The summed E-state index contributed by atoms with van der Waals surface area (Å²) < 4.78 is 24.9. The Labute approximate surface area is 114 Å². The Bertz CT molecular complexity index is 567. The monoisotopic (exact) mass is 284 g/mol. The van der Waals surface area contributed by atoms with Crippen molar-refractivity contribution >= 4 is 21.6 Å². The molecule has 0 heterocycles. The third-order valence-corrected chi connectivity index (χ3v) is 3.45. The van der Waals surface area contributed by atoms with Gasteiger partial charge >= 0.3 is 0 Å². The standard InChI is InChI=1S/C13H20N2O3S/c1-5-9(2)14-13(16)11-7-6-8-12(10(11)3)15-19(4,17)18/h6-9,15H,5H2,1-4H3,(H,14,16). The Morgan fingerprint density at radius 3 is 2.53 bits per heavy atom. The van der Waals surface area contributed by atoms with E-state index in [0.29, 0.717) is 16.8 Å². The largest absolute Gasteiger partial charge is 0.350 e. The van der Waals surface area contributed by atoms with Gasteiger partial charge in [0, 0.05) is 11.6 Å². The highest BCUT2D eigenvalue weighted by molar-refractivity contribution is 7.92. The van der Waals surface area contributed by atoms with Crippen LogP contribution in [0.25, 0.3) is 0 Å². The van der Waals surface area contributed by atoms with Crippen LogP contribution in [0, 0.1) is 6.92 Å². The van der Waals surface area contributed by atoms with Crippen LogP contribution >= 0.6 is 0 Å². The lowest BCUT2D eigenvalue weighted by Gasteiger charge is -2.15. The van der Waals surface area contributed by atoms with Gasteiger partial charge in [-0.15, -0.1) is 0 Å². The Balaban J connectivity index is 3.04. The van der Waals surface area contributed by atoms with E-state index >= 15 is 0 Å².